The number of rotatable bonds is 7. The molecule has 2 aromatic rings. The fourth-order valence-corrected chi connectivity index (χ4v) is 2.85. The van der Waals surface area contributed by atoms with Gasteiger partial charge in [0, 0.05) is 17.7 Å². The van der Waals surface area contributed by atoms with Gasteiger partial charge in [-0.1, -0.05) is 18.2 Å². The van der Waals surface area contributed by atoms with Crippen molar-refractivity contribution in [2.45, 2.75) is 13.1 Å². The van der Waals surface area contributed by atoms with Crippen LogP contribution in [0.1, 0.15) is 11.1 Å². The molecule has 4 nitrogen and oxygen atoms in total. The zero-order chi connectivity index (χ0) is 15.1. The van der Waals surface area contributed by atoms with E-state index in [0.29, 0.717) is 13.1 Å². The van der Waals surface area contributed by atoms with Crippen LogP contribution in [0.5, 0.6) is 5.75 Å². The lowest BCUT2D eigenvalue weighted by Crippen LogP contribution is -3.08. The van der Waals surface area contributed by atoms with Crippen molar-refractivity contribution in [3.05, 3.63) is 52.2 Å². The van der Waals surface area contributed by atoms with Crippen molar-refractivity contribution in [3.63, 3.8) is 0 Å². The minimum absolute atomic E-state index is 0.0497. The number of thiophene rings is 1. The van der Waals surface area contributed by atoms with E-state index in [1.54, 1.807) is 18.4 Å². The first kappa shape index (κ1) is 15.5. The van der Waals surface area contributed by atoms with Crippen LogP contribution in [0.3, 0.4) is 0 Å². The molecule has 1 atom stereocenters. The number of methoxy groups -OCH3 is 1. The number of ether oxygens (including phenoxy) is 1. The quantitative estimate of drug-likeness (QED) is 0.804. The third kappa shape index (κ3) is 4.88. The van der Waals surface area contributed by atoms with E-state index in [1.165, 1.54) is 10.5 Å². The van der Waals surface area contributed by atoms with Crippen LogP contribution in [0.25, 0.3) is 0 Å². The third-order valence-corrected chi connectivity index (χ3v) is 3.95. The molecule has 0 radical (unpaired) electrons. The second-order valence-corrected chi connectivity index (χ2v) is 5.81. The Kier molecular flexibility index (Phi) is 5.78. The highest BCUT2D eigenvalue weighted by Crippen LogP contribution is 2.16. The lowest BCUT2D eigenvalue weighted by molar-refractivity contribution is -0.885. The second-order valence-electron chi connectivity index (χ2n) is 5.03. The fraction of sp³-hybridized carbons (Fsp3) is 0.312. The number of likely N-dealkylation sites (N-methyl/N-ethyl adjacent to an activating group) is 1. The Balaban J connectivity index is 1.79. The SMILES string of the molecule is COc1ccccc1CNC(=O)C[NH+](C)Cc1ccsc1. The molecule has 5 heteroatoms. The summed E-state index contributed by atoms with van der Waals surface area (Å²) in [6.45, 7) is 1.82. The van der Waals surface area contributed by atoms with E-state index in [-0.39, 0.29) is 5.91 Å². The first-order valence-electron chi connectivity index (χ1n) is 6.90. The molecule has 2 rings (SSSR count). The molecule has 2 N–H and O–H groups in total. The molecule has 0 bridgehead atoms. The van der Waals surface area contributed by atoms with Crippen LogP contribution in [-0.4, -0.2) is 26.6 Å². The zero-order valence-electron chi connectivity index (χ0n) is 12.4. The number of hydrogen-bond acceptors (Lipinski definition) is 3. The highest BCUT2D eigenvalue weighted by molar-refractivity contribution is 7.07. The van der Waals surface area contributed by atoms with Gasteiger partial charge >= 0.3 is 0 Å². The van der Waals surface area contributed by atoms with Gasteiger partial charge in [0.25, 0.3) is 5.91 Å². The van der Waals surface area contributed by atoms with E-state index in [0.717, 1.165) is 17.9 Å². The van der Waals surface area contributed by atoms with Crippen molar-refractivity contribution < 1.29 is 14.4 Å². The average molecular weight is 305 g/mol. The molecule has 0 saturated carbocycles. The first-order valence-corrected chi connectivity index (χ1v) is 7.84. The number of hydrogen-bond donors (Lipinski definition) is 2. The summed E-state index contributed by atoms with van der Waals surface area (Å²) < 4.78 is 5.27. The zero-order valence-corrected chi connectivity index (χ0v) is 13.2. The van der Waals surface area contributed by atoms with Crippen LogP contribution < -0.4 is 15.0 Å². The molecule has 0 aliphatic carbocycles. The first-order chi connectivity index (χ1) is 10.2. The van der Waals surface area contributed by atoms with Crippen molar-refractivity contribution in [2.24, 2.45) is 0 Å². The Morgan fingerprint density at radius 2 is 2.14 bits per heavy atom. The summed E-state index contributed by atoms with van der Waals surface area (Å²) in [7, 11) is 3.67. The van der Waals surface area contributed by atoms with Crippen molar-refractivity contribution in [1.29, 1.82) is 0 Å². The molecule has 0 fully saturated rings. The Hall–Kier alpha value is -1.85. The van der Waals surface area contributed by atoms with Gasteiger partial charge < -0.3 is 15.0 Å². The lowest BCUT2D eigenvalue weighted by atomic mass is 10.2. The van der Waals surface area contributed by atoms with Crippen molar-refractivity contribution >= 4 is 17.2 Å². The van der Waals surface area contributed by atoms with Gasteiger partial charge in [0.15, 0.2) is 6.54 Å². The van der Waals surface area contributed by atoms with Gasteiger partial charge in [-0.2, -0.15) is 11.3 Å². The molecule has 1 amide bonds. The van der Waals surface area contributed by atoms with Gasteiger partial charge in [-0.3, -0.25) is 4.79 Å². The standard InChI is InChI=1S/C16H20N2O2S/c1-18(10-13-7-8-21-12-13)11-16(19)17-9-14-5-3-4-6-15(14)20-2/h3-8,12H,9-11H2,1-2H3,(H,17,19)/p+1. The minimum Gasteiger partial charge on any atom is -0.496 e. The van der Waals surface area contributed by atoms with E-state index in [4.69, 9.17) is 4.74 Å². The summed E-state index contributed by atoms with van der Waals surface area (Å²) in [4.78, 5) is 13.2. The van der Waals surface area contributed by atoms with Gasteiger partial charge in [-0.25, -0.2) is 0 Å². The molecule has 1 heterocycles. The summed E-state index contributed by atoms with van der Waals surface area (Å²) in [5, 5.41) is 7.13. The molecule has 1 aromatic carbocycles. The predicted octanol–water partition coefficient (Wildman–Crippen LogP) is 1.09. The number of carbonyl (C=O) groups excluding carboxylic acids is 1. The summed E-state index contributed by atoms with van der Waals surface area (Å²) in [6.07, 6.45) is 0. The smallest absolute Gasteiger partial charge is 0.275 e. The van der Waals surface area contributed by atoms with Crippen molar-refractivity contribution in [3.8, 4) is 5.75 Å². The van der Waals surface area contributed by atoms with Gasteiger partial charge in [-0.05, 0) is 22.9 Å². The number of carbonyl (C=O) groups is 1. The highest BCUT2D eigenvalue weighted by Gasteiger charge is 2.11. The van der Waals surface area contributed by atoms with Crippen LogP contribution in [0.2, 0.25) is 0 Å². The monoisotopic (exact) mass is 305 g/mol. The summed E-state index contributed by atoms with van der Waals surface area (Å²) in [6, 6.07) is 9.82. The van der Waals surface area contributed by atoms with E-state index in [9.17, 15) is 4.79 Å². The molecule has 0 aliphatic rings. The number of quaternary nitrogens is 1. The van der Waals surface area contributed by atoms with Crippen molar-refractivity contribution in [1.82, 2.24) is 5.32 Å². The van der Waals surface area contributed by atoms with E-state index >= 15 is 0 Å². The Morgan fingerprint density at radius 3 is 2.86 bits per heavy atom. The summed E-state index contributed by atoms with van der Waals surface area (Å²) in [5.74, 6) is 0.852. The summed E-state index contributed by atoms with van der Waals surface area (Å²) >= 11 is 1.68. The molecule has 112 valence electrons. The maximum atomic E-state index is 12.0. The van der Waals surface area contributed by atoms with E-state index in [2.05, 4.69) is 22.1 Å². The van der Waals surface area contributed by atoms with Crippen LogP contribution in [-0.2, 0) is 17.9 Å². The number of benzene rings is 1. The molecule has 0 aliphatic heterocycles. The van der Waals surface area contributed by atoms with E-state index in [1.807, 2.05) is 31.3 Å². The second kappa shape index (κ2) is 7.81. The van der Waals surface area contributed by atoms with Crippen LogP contribution in [0.4, 0.5) is 0 Å². The van der Waals surface area contributed by atoms with Crippen LogP contribution in [0, 0.1) is 0 Å². The molecule has 0 saturated heterocycles. The highest BCUT2D eigenvalue weighted by atomic mass is 32.1. The molecule has 1 aromatic heterocycles. The molecule has 0 spiro atoms. The van der Waals surface area contributed by atoms with Gasteiger partial charge in [0.05, 0.1) is 14.2 Å². The minimum atomic E-state index is 0.0497. The lowest BCUT2D eigenvalue weighted by Gasteiger charge is -2.14. The van der Waals surface area contributed by atoms with Gasteiger partial charge in [0.1, 0.15) is 12.3 Å². The van der Waals surface area contributed by atoms with E-state index < -0.39 is 0 Å². The normalized spacial score (nSPS) is 11.9. The Labute approximate surface area is 129 Å². The Morgan fingerprint density at radius 1 is 1.33 bits per heavy atom. The molecule has 1 unspecified atom stereocenters. The summed E-state index contributed by atoms with van der Waals surface area (Å²) in [5.41, 5.74) is 2.26. The van der Waals surface area contributed by atoms with Crippen LogP contribution >= 0.6 is 11.3 Å². The maximum Gasteiger partial charge on any atom is 0.275 e. The molecule has 21 heavy (non-hydrogen) atoms. The number of amides is 1. The Bertz CT molecular complexity index is 569. The van der Waals surface area contributed by atoms with Gasteiger partial charge in [-0.15, -0.1) is 0 Å². The predicted molar refractivity (Wildman–Crippen MR) is 84.6 cm³/mol. The topological polar surface area (TPSA) is 42.8 Å². The molecular weight excluding hydrogens is 284 g/mol. The maximum absolute atomic E-state index is 12.0. The number of nitrogens with one attached hydrogen (secondary N) is 2. The molecular formula is C16H21N2O2S+. The largest absolute Gasteiger partial charge is 0.496 e. The van der Waals surface area contributed by atoms with Gasteiger partial charge in [0.2, 0.25) is 0 Å². The van der Waals surface area contributed by atoms with Crippen molar-refractivity contribution in [2.75, 3.05) is 20.7 Å². The fourth-order valence-electron chi connectivity index (χ4n) is 2.18. The number of para-hydroxylation sites is 1. The average Bonchev–Trinajstić information content (AvgIpc) is 2.98. The third-order valence-electron chi connectivity index (χ3n) is 3.22. The van der Waals surface area contributed by atoms with Crippen LogP contribution in [0.15, 0.2) is 41.1 Å².